The zero-order chi connectivity index (χ0) is 33.2. The molecule has 0 N–H and O–H groups in total. The maximum Gasteiger partial charge on any atom is 0.337 e. The topological polar surface area (TPSA) is 77.5 Å². The molecule has 3 aliphatic rings. The van der Waals surface area contributed by atoms with Gasteiger partial charge in [-0.25, -0.2) is 4.79 Å². The summed E-state index contributed by atoms with van der Waals surface area (Å²) in [6.45, 7) is 8.27. The summed E-state index contributed by atoms with van der Waals surface area (Å²) in [7, 11) is 3.00. The van der Waals surface area contributed by atoms with Crippen LogP contribution in [0.25, 0.3) is 0 Å². The van der Waals surface area contributed by atoms with E-state index in [1.54, 1.807) is 13.4 Å². The molecule has 2 aromatic rings. The standard InChI is InChI=1S/C39H54N2O6/c1-5-7-24-46-30-17-19-31(20-18-30)47-25-14-10-8-9-13-22-41-35-16-12-11-15-34(35)39(38(41)43)21-23-40-27-29(6-2)32(26-36(39)40)33(28-44-3)37(42)45-4/h11-12,15-20,28-29,32,36H,5-10,13-14,21-27H2,1-4H3/b33-28+/t29-,32-,36?,39+/m0/s1. The van der Waals surface area contributed by atoms with Gasteiger partial charge in [0.05, 0.1) is 44.7 Å². The molecule has 8 heteroatoms. The van der Waals surface area contributed by atoms with Crippen LogP contribution in [0.1, 0.15) is 83.6 Å². The first kappa shape index (κ1) is 34.8. The Morgan fingerprint density at radius 3 is 2.28 bits per heavy atom. The van der Waals surface area contributed by atoms with Crippen LogP contribution < -0.4 is 14.4 Å². The Balaban J connectivity index is 1.15. The minimum absolute atomic E-state index is 0.0226. The average molecular weight is 647 g/mol. The molecule has 256 valence electrons. The molecule has 5 rings (SSSR count). The Labute approximate surface area is 281 Å². The molecule has 3 aliphatic heterocycles. The third-order valence-corrected chi connectivity index (χ3v) is 10.6. The smallest absolute Gasteiger partial charge is 0.337 e. The summed E-state index contributed by atoms with van der Waals surface area (Å²) in [5, 5.41) is 0. The highest BCUT2D eigenvalue weighted by atomic mass is 16.5. The van der Waals surface area contributed by atoms with Gasteiger partial charge in [-0.1, -0.05) is 64.2 Å². The van der Waals surface area contributed by atoms with Crippen LogP contribution >= 0.6 is 0 Å². The van der Waals surface area contributed by atoms with Gasteiger partial charge in [-0.2, -0.15) is 0 Å². The summed E-state index contributed by atoms with van der Waals surface area (Å²) in [5.74, 6) is 1.93. The lowest BCUT2D eigenvalue weighted by Gasteiger charge is -2.45. The third-order valence-electron chi connectivity index (χ3n) is 10.6. The van der Waals surface area contributed by atoms with E-state index in [9.17, 15) is 9.59 Å². The number of nitrogens with zero attached hydrogens (tertiary/aromatic N) is 2. The first-order valence-electron chi connectivity index (χ1n) is 17.8. The second-order valence-corrected chi connectivity index (χ2v) is 13.3. The van der Waals surface area contributed by atoms with E-state index in [2.05, 4.69) is 41.8 Å². The minimum atomic E-state index is -0.584. The molecule has 0 bridgehead atoms. The monoisotopic (exact) mass is 646 g/mol. The summed E-state index contributed by atoms with van der Waals surface area (Å²) >= 11 is 0. The lowest BCUT2D eigenvalue weighted by atomic mass is 9.67. The molecule has 1 unspecified atom stereocenters. The fraction of sp³-hybridized carbons (Fsp3) is 0.590. The number of hydrogen-bond donors (Lipinski definition) is 0. The number of para-hydroxylation sites is 1. The predicted molar refractivity (Wildman–Crippen MR) is 185 cm³/mol. The van der Waals surface area contributed by atoms with Crippen LogP contribution in [0.5, 0.6) is 11.5 Å². The largest absolute Gasteiger partial charge is 0.504 e. The maximum atomic E-state index is 14.6. The van der Waals surface area contributed by atoms with Gasteiger partial charge in [0, 0.05) is 24.8 Å². The molecule has 0 radical (unpaired) electrons. The number of unbranched alkanes of at least 4 members (excludes halogenated alkanes) is 5. The van der Waals surface area contributed by atoms with Crippen molar-refractivity contribution >= 4 is 17.6 Å². The highest BCUT2D eigenvalue weighted by Crippen LogP contribution is 2.55. The zero-order valence-electron chi connectivity index (χ0n) is 28.9. The number of anilines is 1. The number of methoxy groups -OCH3 is 2. The van der Waals surface area contributed by atoms with E-state index >= 15 is 0 Å². The summed E-state index contributed by atoms with van der Waals surface area (Å²) in [4.78, 5) is 32.0. The van der Waals surface area contributed by atoms with Crippen molar-refractivity contribution in [1.82, 2.24) is 4.90 Å². The Morgan fingerprint density at radius 1 is 0.915 bits per heavy atom. The molecule has 0 aliphatic carbocycles. The lowest BCUT2D eigenvalue weighted by Crippen LogP contribution is -2.55. The fourth-order valence-electron chi connectivity index (χ4n) is 8.11. The van der Waals surface area contributed by atoms with E-state index in [0.29, 0.717) is 18.1 Å². The number of esters is 1. The van der Waals surface area contributed by atoms with Crippen LogP contribution in [0.2, 0.25) is 0 Å². The molecule has 0 saturated carbocycles. The van der Waals surface area contributed by atoms with Crippen molar-refractivity contribution in [2.24, 2.45) is 11.8 Å². The molecule has 1 amide bonds. The van der Waals surface area contributed by atoms with Crippen molar-refractivity contribution in [3.63, 3.8) is 0 Å². The number of fused-ring (bicyclic) bond motifs is 4. The number of hydrogen-bond acceptors (Lipinski definition) is 7. The van der Waals surface area contributed by atoms with E-state index in [-0.39, 0.29) is 23.8 Å². The normalized spacial score (nSPS) is 23.9. The van der Waals surface area contributed by atoms with Gasteiger partial charge in [0.15, 0.2) is 0 Å². The maximum absolute atomic E-state index is 14.6. The first-order valence-corrected chi connectivity index (χ1v) is 17.8. The molecule has 4 atom stereocenters. The van der Waals surface area contributed by atoms with Gasteiger partial charge in [-0.05, 0) is 86.4 Å². The Hall–Kier alpha value is -3.52. The van der Waals surface area contributed by atoms with Crippen LogP contribution in [0.3, 0.4) is 0 Å². The van der Waals surface area contributed by atoms with E-state index in [4.69, 9.17) is 18.9 Å². The zero-order valence-corrected chi connectivity index (χ0v) is 28.9. The molecule has 2 fully saturated rings. The van der Waals surface area contributed by atoms with Crippen molar-refractivity contribution in [3.8, 4) is 11.5 Å². The number of piperidine rings is 1. The molecular formula is C39H54N2O6. The van der Waals surface area contributed by atoms with E-state index in [0.717, 1.165) is 113 Å². The van der Waals surface area contributed by atoms with E-state index in [1.165, 1.54) is 7.11 Å². The van der Waals surface area contributed by atoms with Gasteiger partial charge in [0.25, 0.3) is 0 Å². The number of amides is 1. The van der Waals surface area contributed by atoms with Crippen LogP contribution in [-0.2, 0) is 24.5 Å². The van der Waals surface area contributed by atoms with Crippen molar-refractivity contribution in [2.75, 3.05) is 52.0 Å². The SMILES string of the molecule is CCCCOc1ccc(OCCCCCCCN2C(=O)[C@]3(CCN4C[C@H](CC)[C@@H](/C(=C\OC)C(=O)OC)CC43)c3ccccc32)cc1. The fourth-order valence-corrected chi connectivity index (χ4v) is 8.11. The molecule has 1 spiro atoms. The Morgan fingerprint density at radius 2 is 1.60 bits per heavy atom. The van der Waals surface area contributed by atoms with E-state index in [1.807, 2.05) is 30.3 Å². The van der Waals surface area contributed by atoms with Crippen molar-refractivity contribution in [1.29, 1.82) is 0 Å². The van der Waals surface area contributed by atoms with Crippen molar-refractivity contribution < 1.29 is 28.5 Å². The Bertz CT molecular complexity index is 1360. The molecular weight excluding hydrogens is 592 g/mol. The second-order valence-electron chi connectivity index (χ2n) is 13.3. The molecule has 3 heterocycles. The third kappa shape index (κ3) is 7.48. The van der Waals surface area contributed by atoms with E-state index < -0.39 is 5.41 Å². The molecule has 8 nitrogen and oxygen atoms in total. The van der Waals surface area contributed by atoms with Crippen LogP contribution in [0.15, 0.2) is 60.4 Å². The molecule has 2 saturated heterocycles. The lowest BCUT2D eigenvalue weighted by molar-refractivity contribution is -0.137. The Kier molecular flexibility index (Phi) is 12.2. The van der Waals surface area contributed by atoms with Crippen LogP contribution in [0, 0.1) is 11.8 Å². The van der Waals surface area contributed by atoms with Gasteiger partial charge >= 0.3 is 5.97 Å². The van der Waals surface area contributed by atoms with Crippen LogP contribution in [-0.4, -0.2) is 69.9 Å². The summed E-state index contributed by atoms with van der Waals surface area (Å²) < 4.78 is 22.2. The number of rotatable bonds is 17. The second kappa shape index (κ2) is 16.5. The summed E-state index contributed by atoms with van der Waals surface area (Å²) in [6.07, 6.45) is 11.5. The van der Waals surface area contributed by atoms with Crippen molar-refractivity contribution in [2.45, 2.75) is 89.5 Å². The number of carbonyl (C=O) groups excluding carboxylic acids is 2. The average Bonchev–Trinajstić information content (AvgIpc) is 3.59. The summed E-state index contributed by atoms with van der Waals surface area (Å²) in [5.41, 5.74) is 2.21. The predicted octanol–water partition coefficient (Wildman–Crippen LogP) is 7.30. The van der Waals surface area contributed by atoms with Gasteiger partial charge in [0.2, 0.25) is 5.91 Å². The number of carbonyl (C=O) groups is 2. The molecule has 2 aromatic carbocycles. The first-order chi connectivity index (χ1) is 23.0. The number of ether oxygens (including phenoxy) is 4. The van der Waals surface area contributed by atoms with Gasteiger partial charge in [-0.15, -0.1) is 0 Å². The summed E-state index contributed by atoms with van der Waals surface area (Å²) in [6, 6.07) is 16.3. The minimum Gasteiger partial charge on any atom is -0.504 e. The molecule has 47 heavy (non-hydrogen) atoms. The van der Waals surface area contributed by atoms with Crippen molar-refractivity contribution in [3.05, 3.63) is 65.9 Å². The quantitative estimate of drug-likeness (QED) is 0.0773. The number of benzene rings is 2. The molecule has 0 aromatic heterocycles. The van der Waals surface area contributed by atoms with Gasteiger partial charge < -0.3 is 23.8 Å². The highest BCUT2D eigenvalue weighted by molar-refractivity contribution is 6.09. The van der Waals surface area contributed by atoms with Crippen LogP contribution in [0.4, 0.5) is 5.69 Å². The van der Waals surface area contributed by atoms with Gasteiger partial charge in [0.1, 0.15) is 11.5 Å². The van der Waals surface area contributed by atoms with Gasteiger partial charge in [-0.3, -0.25) is 9.69 Å². The highest BCUT2D eigenvalue weighted by Gasteiger charge is 2.62.